The molecule has 2 rings (SSSR count). The Balaban J connectivity index is 1.91. The highest BCUT2D eigenvalue weighted by Crippen LogP contribution is 2.31. The van der Waals surface area contributed by atoms with Crippen molar-refractivity contribution in [2.75, 3.05) is 40.0 Å². The first-order valence-corrected chi connectivity index (χ1v) is 10.1. The molecule has 21 heavy (non-hydrogen) atoms. The predicted molar refractivity (Wildman–Crippen MR) is 87.1 cm³/mol. The molecule has 0 aromatic carbocycles. The summed E-state index contributed by atoms with van der Waals surface area (Å²) in [6.07, 6.45) is 5.99. The Labute approximate surface area is 129 Å². The lowest BCUT2D eigenvalue weighted by Crippen LogP contribution is -2.52. The molecule has 0 spiro atoms. The normalized spacial score (nSPS) is 34.8. The van der Waals surface area contributed by atoms with Gasteiger partial charge in [0, 0.05) is 38.0 Å². The average molecular weight is 317 g/mol. The highest BCUT2D eigenvalue weighted by Gasteiger charge is 2.33. The smallest absolute Gasteiger partial charge is 0.150 e. The van der Waals surface area contributed by atoms with E-state index in [9.17, 15) is 8.42 Å². The van der Waals surface area contributed by atoms with Gasteiger partial charge in [-0.1, -0.05) is 6.42 Å². The third-order valence-electron chi connectivity index (χ3n) is 5.40. The summed E-state index contributed by atoms with van der Waals surface area (Å²) < 4.78 is 23.6. The Morgan fingerprint density at radius 3 is 2.62 bits per heavy atom. The first kappa shape index (κ1) is 17.2. The van der Waals surface area contributed by atoms with E-state index < -0.39 is 9.84 Å². The van der Waals surface area contributed by atoms with E-state index in [1.165, 1.54) is 6.26 Å². The maximum atomic E-state index is 11.8. The maximum absolute atomic E-state index is 11.8. The van der Waals surface area contributed by atoms with Crippen molar-refractivity contribution < 1.29 is 8.42 Å². The summed E-state index contributed by atoms with van der Waals surface area (Å²) >= 11 is 0. The second-order valence-electron chi connectivity index (χ2n) is 7.17. The fraction of sp³-hybridized carbons (Fsp3) is 1.00. The van der Waals surface area contributed by atoms with Gasteiger partial charge in [0.15, 0.2) is 0 Å². The number of nitrogens with zero attached hydrogens (tertiary/aromatic N) is 2. The molecule has 1 saturated carbocycles. The summed E-state index contributed by atoms with van der Waals surface area (Å²) in [5, 5.41) is -0.172. The molecule has 0 aromatic heterocycles. The Morgan fingerprint density at radius 1 is 1.24 bits per heavy atom. The molecule has 1 aliphatic heterocycles. The van der Waals surface area contributed by atoms with E-state index in [-0.39, 0.29) is 11.3 Å². The van der Waals surface area contributed by atoms with Crippen LogP contribution in [0.3, 0.4) is 0 Å². The lowest BCUT2D eigenvalue weighted by atomic mass is 9.81. The van der Waals surface area contributed by atoms with E-state index in [4.69, 9.17) is 5.73 Å². The largest absolute Gasteiger partial charge is 0.327 e. The van der Waals surface area contributed by atoms with Crippen LogP contribution < -0.4 is 5.73 Å². The molecule has 5 nitrogen and oxygen atoms in total. The summed E-state index contributed by atoms with van der Waals surface area (Å²) in [5.74, 6) is 0.360. The summed E-state index contributed by atoms with van der Waals surface area (Å²) in [7, 11) is 1.41. The van der Waals surface area contributed by atoms with Crippen molar-refractivity contribution in [2.45, 2.75) is 49.4 Å². The molecule has 1 heterocycles. The molecular formula is C15H31N3O2S. The van der Waals surface area contributed by atoms with Crippen LogP contribution in [0, 0.1) is 5.92 Å². The van der Waals surface area contributed by atoms with E-state index in [1.54, 1.807) is 0 Å². The molecule has 124 valence electrons. The highest BCUT2D eigenvalue weighted by atomic mass is 32.2. The molecule has 4 atom stereocenters. The van der Waals surface area contributed by atoms with Gasteiger partial charge in [0.2, 0.25) is 0 Å². The van der Waals surface area contributed by atoms with Crippen LogP contribution in [0.1, 0.15) is 32.1 Å². The SMILES string of the molecule is CN1CCN(C)C(CC(N)C2CCCC(S(C)(=O)=O)C2)C1. The van der Waals surface area contributed by atoms with Gasteiger partial charge >= 0.3 is 0 Å². The predicted octanol–water partition coefficient (Wildman–Crippen LogP) is 0.553. The summed E-state index contributed by atoms with van der Waals surface area (Å²) in [5.41, 5.74) is 6.45. The topological polar surface area (TPSA) is 66.6 Å². The molecule has 0 amide bonds. The van der Waals surface area contributed by atoms with Crippen LogP contribution >= 0.6 is 0 Å². The number of hydrogen-bond donors (Lipinski definition) is 1. The van der Waals surface area contributed by atoms with E-state index in [0.717, 1.165) is 51.7 Å². The van der Waals surface area contributed by atoms with E-state index in [1.807, 2.05) is 0 Å². The van der Waals surface area contributed by atoms with Crippen molar-refractivity contribution in [3.05, 3.63) is 0 Å². The monoisotopic (exact) mass is 317 g/mol. The Bertz CT molecular complexity index is 440. The first-order chi connectivity index (χ1) is 9.77. The van der Waals surface area contributed by atoms with Crippen molar-refractivity contribution >= 4 is 9.84 Å². The van der Waals surface area contributed by atoms with Crippen LogP contribution in [-0.4, -0.2) is 75.5 Å². The molecule has 2 N–H and O–H groups in total. The zero-order valence-corrected chi connectivity index (χ0v) is 14.5. The molecule has 0 aromatic rings. The van der Waals surface area contributed by atoms with Crippen LogP contribution in [0.5, 0.6) is 0 Å². The molecule has 0 radical (unpaired) electrons. The lowest BCUT2D eigenvalue weighted by Gasteiger charge is -2.41. The molecule has 1 aliphatic carbocycles. The fourth-order valence-electron chi connectivity index (χ4n) is 3.82. The third-order valence-corrected chi connectivity index (χ3v) is 7.04. The number of hydrogen-bond acceptors (Lipinski definition) is 5. The van der Waals surface area contributed by atoms with Gasteiger partial charge in [-0.15, -0.1) is 0 Å². The van der Waals surface area contributed by atoms with Gasteiger partial charge in [-0.3, -0.25) is 0 Å². The maximum Gasteiger partial charge on any atom is 0.150 e. The van der Waals surface area contributed by atoms with E-state index in [0.29, 0.717) is 12.0 Å². The van der Waals surface area contributed by atoms with Gasteiger partial charge in [0.25, 0.3) is 0 Å². The van der Waals surface area contributed by atoms with Crippen LogP contribution in [0.25, 0.3) is 0 Å². The average Bonchev–Trinajstić information content (AvgIpc) is 2.42. The van der Waals surface area contributed by atoms with Crippen molar-refractivity contribution in [2.24, 2.45) is 11.7 Å². The molecule has 0 bridgehead atoms. The quantitative estimate of drug-likeness (QED) is 0.820. The van der Waals surface area contributed by atoms with E-state index >= 15 is 0 Å². The minimum absolute atomic E-state index is 0.119. The number of piperazine rings is 1. The van der Waals surface area contributed by atoms with Crippen LogP contribution in [0.15, 0.2) is 0 Å². The number of sulfone groups is 1. The third kappa shape index (κ3) is 4.65. The Kier molecular flexibility index (Phi) is 5.68. The number of rotatable bonds is 4. The zero-order valence-electron chi connectivity index (χ0n) is 13.7. The van der Waals surface area contributed by atoms with Gasteiger partial charge in [-0.05, 0) is 45.7 Å². The second kappa shape index (κ2) is 6.94. The second-order valence-corrected chi connectivity index (χ2v) is 9.50. The minimum Gasteiger partial charge on any atom is -0.327 e. The van der Waals surface area contributed by atoms with Gasteiger partial charge in [0.05, 0.1) is 5.25 Å². The van der Waals surface area contributed by atoms with Crippen molar-refractivity contribution in [3.8, 4) is 0 Å². The van der Waals surface area contributed by atoms with Crippen LogP contribution in [-0.2, 0) is 9.84 Å². The standard InChI is InChI=1S/C15H31N3O2S/c1-17-7-8-18(2)13(11-17)10-15(16)12-5-4-6-14(9-12)21(3,19)20/h12-15H,4-11,16H2,1-3H3. The van der Waals surface area contributed by atoms with Crippen LogP contribution in [0.2, 0.25) is 0 Å². The minimum atomic E-state index is -2.92. The van der Waals surface area contributed by atoms with E-state index in [2.05, 4.69) is 23.9 Å². The first-order valence-electron chi connectivity index (χ1n) is 8.10. The van der Waals surface area contributed by atoms with Gasteiger partial charge in [-0.25, -0.2) is 8.42 Å². The summed E-state index contributed by atoms with van der Waals surface area (Å²) in [6, 6.07) is 0.617. The van der Waals surface area contributed by atoms with Crippen LogP contribution in [0.4, 0.5) is 0 Å². The molecule has 1 saturated heterocycles. The molecule has 6 heteroatoms. The number of nitrogens with two attached hydrogens (primary N) is 1. The zero-order chi connectivity index (χ0) is 15.6. The molecule has 2 fully saturated rings. The van der Waals surface area contributed by atoms with Gasteiger partial charge in [0.1, 0.15) is 9.84 Å². The van der Waals surface area contributed by atoms with Gasteiger partial charge in [-0.2, -0.15) is 0 Å². The van der Waals surface area contributed by atoms with Gasteiger partial charge < -0.3 is 15.5 Å². The van der Waals surface area contributed by atoms with Crippen molar-refractivity contribution in [3.63, 3.8) is 0 Å². The summed E-state index contributed by atoms with van der Waals surface area (Å²) in [4.78, 5) is 4.76. The summed E-state index contributed by atoms with van der Waals surface area (Å²) in [6.45, 7) is 3.26. The fourth-order valence-corrected chi connectivity index (χ4v) is 5.01. The molecule has 2 aliphatic rings. The number of likely N-dealkylation sites (N-methyl/N-ethyl adjacent to an activating group) is 2. The Hall–Kier alpha value is -0.170. The highest BCUT2D eigenvalue weighted by molar-refractivity contribution is 7.91. The molecular weight excluding hydrogens is 286 g/mol. The van der Waals surface area contributed by atoms with Crippen molar-refractivity contribution in [1.29, 1.82) is 0 Å². The van der Waals surface area contributed by atoms with Crippen molar-refractivity contribution in [1.82, 2.24) is 9.80 Å². The lowest BCUT2D eigenvalue weighted by molar-refractivity contribution is 0.0962. The molecule has 4 unspecified atom stereocenters. The Morgan fingerprint density at radius 2 is 1.95 bits per heavy atom.